The van der Waals surface area contributed by atoms with E-state index in [1.165, 1.54) is 0 Å². The van der Waals surface area contributed by atoms with Crippen molar-refractivity contribution in [1.82, 2.24) is 0 Å². The van der Waals surface area contributed by atoms with E-state index >= 15 is 0 Å². The van der Waals surface area contributed by atoms with Gasteiger partial charge in [-0.2, -0.15) is 26.3 Å². The molecule has 1 aromatic rings. The molecule has 12 heteroatoms. The summed E-state index contributed by atoms with van der Waals surface area (Å²) in [5.74, 6) is -34.3. The largest absolute Gasteiger partial charge is 0.359 e. The van der Waals surface area contributed by atoms with Crippen molar-refractivity contribution < 1.29 is 52.7 Å². The van der Waals surface area contributed by atoms with Crippen molar-refractivity contribution in [2.75, 3.05) is 0 Å². The quantitative estimate of drug-likeness (QED) is 0.420. The highest BCUT2D eigenvalue weighted by Crippen LogP contribution is 2.75. The molecule has 1 aromatic carbocycles. The zero-order chi connectivity index (χ0) is 17.5. The molecule has 124 valence electrons. The molecule has 0 N–H and O–H groups in total. The normalized spacial score (nSPS) is 21.8. The van der Waals surface area contributed by atoms with Gasteiger partial charge in [0, 0.05) is 0 Å². The Hall–Kier alpha value is -1.62. The first-order chi connectivity index (χ1) is 9.68. The van der Waals surface area contributed by atoms with Gasteiger partial charge < -0.3 is 0 Å². The Balaban J connectivity index is 2.78. The van der Waals surface area contributed by atoms with Crippen LogP contribution in [0.5, 0.6) is 0 Å². The number of rotatable bonds is 2. The van der Waals surface area contributed by atoms with Crippen LogP contribution in [0.25, 0.3) is 0 Å². The molecule has 0 unspecified atom stereocenters. The van der Waals surface area contributed by atoms with Crippen LogP contribution in [0.15, 0.2) is 0 Å². The highest BCUT2D eigenvalue weighted by atomic mass is 19.4. The number of halogens is 12. The Morgan fingerprint density at radius 1 is 0.545 bits per heavy atom. The van der Waals surface area contributed by atoms with Gasteiger partial charge in [0.05, 0.1) is 0 Å². The van der Waals surface area contributed by atoms with Crippen LogP contribution in [0.3, 0.4) is 0 Å². The molecule has 2 rings (SSSR count). The molecule has 0 radical (unpaired) electrons. The van der Waals surface area contributed by atoms with Crippen molar-refractivity contribution in [2.45, 2.75) is 23.4 Å². The molecule has 0 spiro atoms. The van der Waals surface area contributed by atoms with Gasteiger partial charge in [-0.25, -0.2) is 26.3 Å². The topological polar surface area (TPSA) is 0 Å². The third-order valence-corrected chi connectivity index (χ3v) is 3.15. The lowest BCUT2D eigenvalue weighted by atomic mass is 9.99. The summed E-state index contributed by atoms with van der Waals surface area (Å²) in [5, 5.41) is 0. The summed E-state index contributed by atoms with van der Waals surface area (Å²) in [6.07, 6.45) is 0. The van der Waals surface area contributed by atoms with Gasteiger partial charge in [0.25, 0.3) is 0 Å². The number of benzene rings is 1. The van der Waals surface area contributed by atoms with E-state index in [0.717, 1.165) is 0 Å². The molecule has 1 aliphatic carbocycles. The molecule has 1 saturated carbocycles. The highest BCUT2D eigenvalue weighted by molar-refractivity contribution is 5.41. The fourth-order valence-corrected chi connectivity index (χ4v) is 1.83. The van der Waals surface area contributed by atoms with E-state index in [4.69, 9.17) is 0 Å². The monoisotopic (exact) mass is 348 g/mol. The van der Waals surface area contributed by atoms with E-state index in [0.29, 0.717) is 0 Å². The first kappa shape index (κ1) is 16.7. The summed E-state index contributed by atoms with van der Waals surface area (Å²) in [6.45, 7) is 0. The lowest BCUT2D eigenvalue weighted by molar-refractivity contribution is -0.152. The van der Waals surface area contributed by atoms with Crippen molar-refractivity contribution in [1.29, 1.82) is 0 Å². The van der Waals surface area contributed by atoms with Crippen LogP contribution in [0.1, 0.15) is 5.56 Å². The van der Waals surface area contributed by atoms with Gasteiger partial charge in [0.1, 0.15) is 5.56 Å². The molecule has 0 amide bonds. The fraction of sp³-hybridized carbons (Fsp3) is 0.400. The SMILES string of the molecule is Fc1c(F)c(F)c(C(F)(F)C2(F)C(F)(F)C2(F)F)c(F)c1F. The Morgan fingerprint density at radius 3 is 1.09 bits per heavy atom. The molecule has 0 saturated heterocycles. The Bertz CT molecular complexity index is 617. The summed E-state index contributed by atoms with van der Waals surface area (Å²) < 4.78 is 155. The van der Waals surface area contributed by atoms with Gasteiger partial charge in [-0.15, -0.1) is 0 Å². The first-order valence-electron chi connectivity index (χ1n) is 5.02. The van der Waals surface area contributed by atoms with Crippen LogP contribution in [-0.2, 0) is 5.92 Å². The molecule has 22 heavy (non-hydrogen) atoms. The van der Waals surface area contributed by atoms with Gasteiger partial charge in [-0.05, 0) is 0 Å². The smallest absolute Gasteiger partial charge is 0.223 e. The van der Waals surface area contributed by atoms with Gasteiger partial charge in [0.15, 0.2) is 23.3 Å². The molecular formula is C10F12. The highest BCUT2D eigenvalue weighted by Gasteiger charge is 3.06. The minimum Gasteiger partial charge on any atom is -0.223 e. The van der Waals surface area contributed by atoms with E-state index in [2.05, 4.69) is 0 Å². The molecule has 1 fully saturated rings. The molecule has 1 aliphatic rings. The van der Waals surface area contributed by atoms with Crippen molar-refractivity contribution in [3.05, 3.63) is 34.6 Å². The Labute approximate surface area is 112 Å². The Kier molecular flexibility index (Phi) is 3.06. The zero-order valence-corrected chi connectivity index (χ0v) is 9.54. The van der Waals surface area contributed by atoms with Crippen LogP contribution in [0, 0.1) is 29.1 Å². The Morgan fingerprint density at radius 2 is 0.818 bits per heavy atom. The van der Waals surface area contributed by atoms with Gasteiger partial charge in [0.2, 0.25) is 5.82 Å². The number of alkyl halides is 7. The third kappa shape index (κ3) is 1.43. The van der Waals surface area contributed by atoms with E-state index in [1.807, 2.05) is 0 Å². The van der Waals surface area contributed by atoms with Crippen LogP contribution in [0.4, 0.5) is 52.7 Å². The summed E-state index contributed by atoms with van der Waals surface area (Å²) in [5.41, 5.74) is -9.53. The molecule has 0 atom stereocenters. The van der Waals surface area contributed by atoms with Crippen LogP contribution in [-0.4, -0.2) is 17.5 Å². The predicted octanol–water partition coefficient (Wildman–Crippen LogP) is 4.47. The maximum atomic E-state index is 13.5. The maximum absolute atomic E-state index is 13.5. The summed E-state index contributed by atoms with van der Waals surface area (Å²) >= 11 is 0. The zero-order valence-electron chi connectivity index (χ0n) is 9.54. The van der Waals surface area contributed by atoms with E-state index in [9.17, 15) is 52.7 Å². The molecule has 0 bridgehead atoms. The summed E-state index contributed by atoms with van der Waals surface area (Å²) in [4.78, 5) is 0. The first-order valence-corrected chi connectivity index (χ1v) is 5.02. The maximum Gasteiger partial charge on any atom is 0.359 e. The molecule has 0 aliphatic heterocycles. The summed E-state index contributed by atoms with van der Waals surface area (Å²) in [7, 11) is 0. The summed E-state index contributed by atoms with van der Waals surface area (Å²) in [6, 6.07) is 0. The van der Waals surface area contributed by atoms with Crippen LogP contribution < -0.4 is 0 Å². The van der Waals surface area contributed by atoms with Gasteiger partial charge >= 0.3 is 23.4 Å². The van der Waals surface area contributed by atoms with Crippen molar-refractivity contribution >= 4 is 0 Å². The number of hydrogen-bond acceptors (Lipinski definition) is 0. The van der Waals surface area contributed by atoms with E-state index < -0.39 is 58.1 Å². The second kappa shape index (κ2) is 4.02. The third-order valence-electron chi connectivity index (χ3n) is 3.15. The minimum absolute atomic E-state index is 2.95. The van der Waals surface area contributed by atoms with Crippen molar-refractivity contribution in [3.8, 4) is 0 Å². The van der Waals surface area contributed by atoms with Gasteiger partial charge in [-0.1, -0.05) is 0 Å². The fourth-order valence-electron chi connectivity index (χ4n) is 1.83. The molecule has 0 heterocycles. The van der Waals surface area contributed by atoms with Gasteiger partial charge in [-0.3, -0.25) is 0 Å². The minimum atomic E-state index is -6.40. The van der Waals surface area contributed by atoms with Crippen molar-refractivity contribution in [2.24, 2.45) is 0 Å². The van der Waals surface area contributed by atoms with Crippen LogP contribution >= 0.6 is 0 Å². The second-order valence-corrected chi connectivity index (χ2v) is 4.33. The predicted molar refractivity (Wildman–Crippen MR) is 43.9 cm³/mol. The molecular weight excluding hydrogens is 348 g/mol. The second-order valence-electron chi connectivity index (χ2n) is 4.33. The lowest BCUT2D eigenvalue weighted by Crippen LogP contribution is -2.39. The van der Waals surface area contributed by atoms with Crippen molar-refractivity contribution in [3.63, 3.8) is 0 Å². The molecule has 0 aromatic heterocycles. The number of hydrogen-bond donors (Lipinski definition) is 0. The van der Waals surface area contributed by atoms with Crippen LogP contribution in [0.2, 0.25) is 0 Å². The average molecular weight is 348 g/mol. The molecule has 0 nitrogen and oxygen atoms in total. The van der Waals surface area contributed by atoms with E-state index in [1.54, 1.807) is 0 Å². The lowest BCUT2D eigenvalue weighted by Gasteiger charge is -2.21. The standard InChI is InChI=1S/C10F12/c11-2-1(3(12)5(14)6(15)4(2)13)7(16,17)8(18)9(19,20)10(8,21)22. The average Bonchev–Trinajstić information content (AvgIpc) is 2.73. The van der Waals surface area contributed by atoms with E-state index in [-0.39, 0.29) is 0 Å².